The summed E-state index contributed by atoms with van der Waals surface area (Å²) in [6.07, 6.45) is 23.3. The Hall–Kier alpha value is -1.27. The van der Waals surface area contributed by atoms with Gasteiger partial charge in [-0.15, -0.1) is 0 Å². The summed E-state index contributed by atoms with van der Waals surface area (Å²) < 4.78 is 70.8. The first-order valence-electron chi connectivity index (χ1n) is 23.0. The third-order valence-electron chi connectivity index (χ3n) is 8.87. The number of carbonyl (C=O) groups excluding carboxylic acids is 1. The van der Waals surface area contributed by atoms with Crippen LogP contribution in [-0.2, 0) is 66.4 Å². The zero-order chi connectivity index (χ0) is 42.5. The van der Waals surface area contributed by atoms with E-state index in [-0.39, 0.29) is 6.61 Å². The van der Waals surface area contributed by atoms with E-state index >= 15 is 0 Å². The smallest absolute Gasteiger partial charge is 0.330 e. The molecule has 0 amide bonds. The van der Waals surface area contributed by atoms with Crippen molar-refractivity contribution in [2.24, 2.45) is 0 Å². The minimum atomic E-state index is -0.458. The summed E-state index contributed by atoms with van der Waals surface area (Å²) in [5.41, 5.74) is 0. The molecule has 0 bridgehead atoms. The lowest BCUT2D eigenvalue weighted by Gasteiger charge is -2.09. The second kappa shape index (κ2) is 54.7. The van der Waals surface area contributed by atoms with Crippen LogP contribution in [0.3, 0.4) is 0 Å². The number of carbonyl (C=O) groups is 1. The van der Waals surface area contributed by atoms with E-state index in [1.165, 1.54) is 96.3 Å². The van der Waals surface area contributed by atoms with Crippen molar-refractivity contribution in [2.75, 3.05) is 165 Å². The van der Waals surface area contributed by atoms with Crippen molar-refractivity contribution >= 4 is 5.97 Å². The van der Waals surface area contributed by atoms with Gasteiger partial charge in [-0.25, -0.2) is 4.79 Å². The molecule has 0 aliphatic heterocycles. The first-order valence-corrected chi connectivity index (χ1v) is 23.0. The normalized spacial score (nSPS) is 11.5. The van der Waals surface area contributed by atoms with Gasteiger partial charge in [-0.1, -0.05) is 110 Å². The van der Waals surface area contributed by atoms with Crippen LogP contribution < -0.4 is 0 Å². The number of rotatable bonds is 54. The predicted molar refractivity (Wildman–Crippen MR) is 231 cm³/mol. The van der Waals surface area contributed by atoms with E-state index in [1.807, 2.05) is 0 Å². The highest BCUT2D eigenvalue weighted by Crippen LogP contribution is 2.13. The van der Waals surface area contributed by atoms with E-state index in [9.17, 15) is 4.79 Å². The Labute approximate surface area is 359 Å². The van der Waals surface area contributed by atoms with Crippen molar-refractivity contribution in [3.63, 3.8) is 0 Å². The van der Waals surface area contributed by atoms with Gasteiger partial charge in [0, 0.05) is 12.7 Å². The van der Waals surface area contributed by atoms with Crippen molar-refractivity contribution in [1.29, 1.82) is 0 Å². The van der Waals surface area contributed by atoms with Crippen molar-refractivity contribution in [3.8, 4) is 0 Å². The third-order valence-corrected chi connectivity index (χ3v) is 8.87. The first-order chi connectivity index (χ1) is 29.3. The Morgan fingerprint density at radius 3 is 0.695 bits per heavy atom. The number of ether oxygens (including phenoxy) is 13. The second-order valence-electron chi connectivity index (χ2n) is 14.0. The molecule has 0 aromatic carbocycles. The Morgan fingerprint density at radius 1 is 0.288 bits per heavy atom. The molecular formula is C45H88O14. The summed E-state index contributed by atoms with van der Waals surface area (Å²) in [5, 5.41) is 0. The summed E-state index contributed by atoms with van der Waals surface area (Å²) in [5.74, 6) is -0.458. The van der Waals surface area contributed by atoms with Gasteiger partial charge in [-0.2, -0.15) is 0 Å². The van der Waals surface area contributed by atoms with Gasteiger partial charge in [0.15, 0.2) is 0 Å². The molecule has 0 rings (SSSR count). The van der Waals surface area contributed by atoms with Gasteiger partial charge in [0.1, 0.15) is 6.61 Å². The Morgan fingerprint density at radius 2 is 0.475 bits per heavy atom. The summed E-state index contributed by atoms with van der Waals surface area (Å²) in [6.45, 7) is 18.2. The van der Waals surface area contributed by atoms with Gasteiger partial charge in [0.2, 0.25) is 0 Å². The zero-order valence-corrected chi connectivity index (χ0v) is 37.5. The van der Waals surface area contributed by atoms with E-state index in [4.69, 9.17) is 61.6 Å². The van der Waals surface area contributed by atoms with Gasteiger partial charge in [0.25, 0.3) is 0 Å². The van der Waals surface area contributed by atoms with Crippen molar-refractivity contribution in [2.45, 2.75) is 110 Å². The highest BCUT2D eigenvalue weighted by atomic mass is 16.6. The molecule has 0 aromatic heterocycles. The van der Waals surface area contributed by atoms with Gasteiger partial charge in [0.05, 0.1) is 152 Å². The molecule has 0 saturated heterocycles. The second-order valence-corrected chi connectivity index (χ2v) is 14.0. The summed E-state index contributed by atoms with van der Waals surface area (Å²) in [6, 6.07) is 0. The van der Waals surface area contributed by atoms with Gasteiger partial charge in [-0.3, -0.25) is 0 Å². The molecule has 0 N–H and O–H groups in total. The molecule has 0 spiro atoms. The molecule has 14 heteroatoms. The molecule has 0 unspecified atom stereocenters. The van der Waals surface area contributed by atoms with Crippen molar-refractivity contribution in [1.82, 2.24) is 0 Å². The maximum absolute atomic E-state index is 10.9. The van der Waals surface area contributed by atoms with E-state index in [0.29, 0.717) is 152 Å². The first kappa shape index (κ1) is 57.7. The van der Waals surface area contributed by atoms with Crippen LogP contribution in [0.2, 0.25) is 0 Å². The molecule has 0 heterocycles. The molecule has 0 aliphatic rings. The largest absolute Gasteiger partial charge is 0.460 e. The van der Waals surface area contributed by atoms with Crippen LogP contribution in [0.4, 0.5) is 0 Å². The standard InChI is InChI=1S/C45H88O14/c1-3-5-6-7-8-9-10-11-12-13-14-15-16-17-18-19-20-47-21-22-48-23-24-49-25-26-50-27-28-51-29-30-52-31-32-53-33-34-54-35-36-55-37-38-56-39-40-57-41-42-58-43-44-59-45(46)4-2/h4H,2-3,5-44H2,1H3. The van der Waals surface area contributed by atoms with Crippen LogP contribution >= 0.6 is 0 Å². The van der Waals surface area contributed by atoms with Crippen LogP contribution in [0.25, 0.3) is 0 Å². The summed E-state index contributed by atoms with van der Waals surface area (Å²) in [7, 11) is 0. The number of esters is 1. The average molecular weight is 853 g/mol. The lowest BCUT2D eigenvalue weighted by molar-refractivity contribution is -0.139. The minimum Gasteiger partial charge on any atom is -0.460 e. The van der Waals surface area contributed by atoms with E-state index in [1.54, 1.807) is 0 Å². The van der Waals surface area contributed by atoms with Gasteiger partial charge in [-0.05, 0) is 6.42 Å². The minimum absolute atomic E-state index is 0.199. The quantitative estimate of drug-likeness (QED) is 0.0347. The topological polar surface area (TPSA) is 137 Å². The predicted octanol–water partition coefficient (Wildman–Crippen LogP) is 7.18. The van der Waals surface area contributed by atoms with Gasteiger partial charge >= 0.3 is 5.97 Å². The molecule has 0 atom stereocenters. The van der Waals surface area contributed by atoms with Gasteiger partial charge < -0.3 is 61.6 Å². The Bertz CT molecular complexity index is 794. The maximum Gasteiger partial charge on any atom is 0.330 e. The van der Waals surface area contributed by atoms with Crippen LogP contribution in [-0.4, -0.2) is 171 Å². The number of hydrogen-bond donors (Lipinski definition) is 0. The summed E-state index contributed by atoms with van der Waals surface area (Å²) in [4.78, 5) is 10.9. The lowest BCUT2D eigenvalue weighted by Crippen LogP contribution is -2.15. The Kier molecular flexibility index (Phi) is 53.6. The molecular weight excluding hydrogens is 764 g/mol. The number of hydrogen-bond acceptors (Lipinski definition) is 14. The Balaban J connectivity index is 3.07. The molecule has 0 radical (unpaired) electrons. The molecule has 0 saturated carbocycles. The van der Waals surface area contributed by atoms with Crippen LogP contribution in [0, 0.1) is 0 Å². The molecule has 0 fully saturated rings. The fraction of sp³-hybridized carbons (Fsp3) is 0.933. The van der Waals surface area contributed by atoms with Crippen molar-refractivity contribution < 1.29 is 66.4 Å². The molecule has 14 nitrogen and oxygen atoms in total. The van der Waals surface area contributed by atoms with E-state index < -0.39 is 5.97 Å². The van der Waals surface area contributed by atoms with E-state index in [2.05, 4.69) is 13.5 Å². The molecule has 0 aliphatic carbocycles. The zero-order valence-electron chi connectivity index (χ0n) is 37.5. The molecule has 352 valence electrons. The highest BCUT2D eigenvalue weighted by Gasteiger charge is 1.99. The molecule has 59 heavy (non-hydrogen) atoms. The fourth-order valence-corrected chi connectivity index (χ4v) is 5.53. The highest BCUT2D eigenvalue weighted by molar-refractivity contribution is 5.81. The summed E-state index contributed by atoms with van der Waals surface area (Å²) >= 11 is 0. The average Bonchev–Trinajstić information content (AvgIpc) is 3.25. The lowest BCUT2D eigenvalue weighted by atomic mass is 10.0. The van der Waals surface area contributed by atoms with Crippen LogP contribution in [0.1, 0.15) is 110 Å². The number of unbranched alkanes of at least 4 members (excludes halogenated alkanes) is 15. The maximum atomic E-state index is 10.9. The van der Waals surface area contributed by atoms with Crippen LogP contribution in [0.15, 0.2) is 12.7 Å². The van der Waals surface area contributed by atoms with Crippen molar-refractivity contribution in [3.05, 3.63) is 12.7 Å². The van der Waals surface area contributed by atoms with E-state index in [0.717, 1.165) is 19.1 Å². The fourth-order valence-electron chi connectivity index (χ4n) is 5.53. The third kappa shape index (κ3) is 54.7. The monoisotopic (exact) mass is 853 g/mol. The molecule has 0 aromatic rings. The van der Waals surface area contributed by atoms with Crippen LogP contribution in [0.5, 0.6) is 0 Å². The SMILES string of the molecule is C=CC(=O)OCCOCCOCCOCCOCCOCCOCCOCCOCCOCCOCCOCCOCCCCCCCCCCCCCCCCCC.